The molecule has 1 saturated carbocycles. The van der Waals surface area contributed by atoms with Crippen LogP contribution in [0.5, 0.6) is 0 Å². The molecule has 4 heteroatoms. The first kappa shape index (κ1) is 14.2. The zero-order valence-electron chi connectivity index (χ0n) is 13.4. The number of hydrogen-bond acceptors (Lipinski definition) is 2. The van der Waals surface area contributed by atoms with Gasteiger partial charge >= 0.3 is 0 Å². The van der Waals surface area contributed by atoms with E-state index in [9.17, 15) is 0 Å². The number of piperazine rings is 1. The quantitative estimate of drug-likeness (QED) is 0.926. The number of aromatic nitrogens is 2. The van der Waals surface area contributed by atoms with Crippen molar-refractivity contribution >= 4 is 5.52 Å². The van der Waals surface area contributed by atoms with E-state index in [2.05, 4.69) is 28.3 Å². The third-order valence-corrected chi connectivity index (χ3v) is 5.54. The number of rotatable bonds is 3. The van der Waals surface area contributed by atoms with E-state index in [4.69, 9.17) is 0 Å². The number of fused-ring (bicyclic) bond motifs is 1. The van der Waals surface area contributed by atoms with Crippen LogP contribution in [0.3, 0.4) is 0 Å². The molecule has 4 nitrogen and oxygen atoms in total. The highest BCUT2D eigenvalue weighted by molar-refractivity contribution is 5.52. The van der Waals surface area contributed by atoms with Gasteiger partial charge in [-0.3, -0.25) is 4.90 Å². The second kappa shape index (κ2) is 6.39. The molecule has 0 radical (unpaired) electrons. The van der Waals surface area contributed by atoms with E-state index in [-0.39, 0.29) is 0 Å². The number of nitrogens with zero attached hydrogens (tertiary/aromatic N) is 3. The summed E-state index contributed by atoms with van der Waals surface area (Å²) >= 11 is 0. The van der Waals surface area contributed by atoms with E-state index in [1.807, 2.05) is 16.8 Å². The molecule has 2 aromatic rings. The van der Waals surface area contributed by atoms with Crippen molar-refractivity contribution in [1.82, 2.24) is 14.5 Å². The Balaban J connectivity index is 1.35. The van der Waals surface area contributed by atoms with Gasteiger partial charge in [0.1, 0.15) is 6.54 Å². The van der Waals surface area contributed by atoms with Crippen molar-refractivity contribution in [2.75, 3.05) is 26.2 Å². The summed E-state index contributed by atoms with van der Waals surface area (Å²) in [7, 11) is 0. The van der Waals surface area contributed by atoms with Gasteiger partial charge in [0.25, 0.3) is 0 Å². The summed E-state index contributed by atoms with van der Waals surface area (Å²) in [6, 6.07) is 7.21. The minimum Gasteiger partial charge on any atom is -0.329 e. The number of hydrogen-bond donors (Lipinski definition) is 1. The van der Waals surface area contributed by atoms with Crippen molar-refractivity contribution < 1.29 is 4.90 Å². The second-order valence-electron chi connectivity index (χ2n) is 6.95. The molecule has 22 heavy (non-hydrogen) atoms. The van der Waals surface area contributed by atoms with E-state index in [1.165, 1.54) is 69.4 Å². The van der Waals surface area contributed by atoms with Crippen molar-refractivity contribution in [1.29, 1.82) is 0 Å². The largest absolute Gasteiger partial charge is 0.329 e. The lowest BCUT2D eigenvalue weighted by molar-refractivity contribution is -0.918. The minimum atomic E-state index is 0.882. The lowest BCUT2D eigenvalue weighted by Gasteiger charge is -2.38. The summed E-state index contributed by atoms with van der Waals surface area (Å²) in [5.74, 6) is 0. The molecule has 4 rings (SSSR count). The van der Waals surface area contributed by atoms with Gasteiger partial charge < -0.3 is 4.90 Å². The van der Waals surface area contributed by atoms with E-state index >= 15 is 0 Å². The number of nitrogens with one attached hydrogen (secondary N) is 1. The first-order valence-electron chi connectivity index (χ1n) is 8.89. The fraction of sp³-hybridized carbons (Fsp3) is 0.611. The van der Waals surface area contributed by atoms with Crippen molar-refractivity contribution in [3.05, 3.63) is 36.2 Å². The standard InChI is InChI=1S/C18H26N4/c1-2-6-17(7-3-1)21-12-10-20(11-13-21)15-16-14-19-22-9-5-4-8-18(16)22/h4-5,8-9,14,17H,1-3,6-7,10-13,15H2/p+1. The van der Waals surface area contributed by atoms with E-state index in [0.717, 1.165) is 12.6 Å². The average molecular weight is 299 g/mol. The summed E-state index contributed by atoms with van der Waals surface area (Å²) in [5, 5.41) is 4.47. The molecule has 0 bridgehead atoms. The van der Waals surface area contributed by atoms with Crippen LogP contribution in [0.2, 0.25) is 0 Å². The lowest BCUT2D eigenvalue weighted by Crippen LogP contribution is -3.13. The van der Waals surface area contributed by atoms with Crippen molar-refractivity contribution in [3.8, 4) is 0 Å². The first-order valence-corrected chi connectivity index (χ1v) is 8.89. The van der Waals surface area contributed by atoms with Crippen molar-refractivity contribution in [2.45, 2.75) is 44.7 Å². The fourth-order valence-corrected chi connectivity index (χ4v) is 4.22. The normalized spacial score (nSPS) is 22.4. The van der Waals surface area contributed by atoms with Gasteiger partial charge in [-0.25, -0.2) is 4.52 Å². The second-order valence-corrected chi connectivity index (χ2v) is 6.95. The maximum absolute atomic E-state index is 4.47. The van der Waals surface area contributed by atoms with Crippen LogP contribution >= 0.6 is 0 Å². The molecule has 2 fully saturated rings. The average Bonchev–Trinajstić information content (AvgIpc) is 3.00. The van der Waals surface area contributed by atoms with Crippen molar-refractivity contribution in [3.63, 3.8) is 0 Å². The highest BCUT2D eigenvalue weighted by Crippen LogP contribution is 2.22. The molecule has 2 aromatic heterocycles. The highest BCUT2D eigenvalue weighted by atomic mass is 15.3. The van der Waals surface area contributed by atoms with Gasteiger partial charge in [0.2, 0.25) is 0 Å². The Labute approximate surface area is 132 Å². The Morgan fingerprint density at radius 1 is 1.09 bits per heavy atom. The Morgan fingerprint density at radius 3 is 2.73 bits per heavy atom. The summed E-state index contributed by atoms with van der Waals surface area (Å²) < 4.78 is 1.99. The fourth-order valence-electron chi connectivity index (χ4n) is 4.22. The van der Waals surface area contributed by atoms with Crippen molar-refractivity contribution in [2.24, 2.45) is 0 Å². The number of quaternary nitrogens is 1. The van der Waals surface area contributed by atoms with Crippen LogP contribution in [-0.4, -0.2) is 46.7 Å². The molecule has 0 aromatic carbocycles. The van der Waals surface area contributed by atoms with E-state index < -0.39 is 0 Å². The van der Waals surface area contributed by atoms with Gasteiger partial charge in [-0.2, -0.15) is 5.10 Å². The monoisotopic (exact) mass is 299 g/mol. The molecule has 0 unspecified atom stereocenters. The summed E-state index contributed by atoms with van der Waals surface area (Å²) in [6.45, 7) is 6.23. The van der Waals surface area contributed by atoms with Gasteiger partial charge in [-0.1, -0.05) is 25.3 Å². The summed E-state index contributed by atoms with van der Waals surface area (Å²) in [6.07, 6.45) is 11.3. The maximum Gasteiger partial charge on any atom is 0.107 e. The predicted molar refractivity (Wildman–Crippen MR) is 88.0 cm³/mol. The SMILES string of the molecule is c1ccn2ncc(C[NH+]3CCN(C4CCCCC4)CC3)c2c1. The van der Waals surface area contributed by atoms with Gasteiger partial charge in [0.15, 0.2) is 0 Å². The topological polar surface area (TPSA) is 25.0 Å². The van der Waals surface area contributed by atoms with Crippen LogP contribution in [-0.2, 0) is 6.54 Å². The van der Waals surface area contributed by atoms with Gasteiger partial charge in [0.05, 0.1) is 30.4 Å². The molecule has 1 N–H and O–H groups in total. The predicted octanol–water partition coefficient (Wildman–Crippen LogP) is 1.37. The van der Waals surface area contributed by atoms with Gasteiger partial charge in [0, 0.05) is 25.3 Å². The molecule has 0 amide bonds. The molecule has 0 atom stereocenters. The molecule has 1 aliphatic carbocycles. The smallest absolute Gasteiger partial charge is 0.107 e. The van der Waals surface area contributed by atoms with Crippen LogP contribution < -0.4 is 4.90 Å². The molecule has 118 valence electrons. The van der Waals surface area contributed by atoms with Gasteiger partial charge in [-0.05, 0) is 25.0 Å². The summed E-state index contributed by atoms with van der Waals surface area (Å²) in [5.41, 5.74) is 2.66. The van der Waals surface area contributed by atoms with Crippen LogP contribution in [0, 0.1) is 0 Å². The zero-order chi connectivity index (χ0) is 14.8. The molecular weight excluding hydrogens is 272 g/mol. The van der Waals surface area contributed by atoms with Crippen LogP contribution in [0.15, 0.2) is 30.6 Å². The third-order valence-electron chi connectivity index (χ3n) is 5.54. The van der Waals surface area contributed by atoms with E-state index in [1.54, 1.807) is 4.90 Å². The minimum absolute atomic E-state index is 0.882. The van der Waals surface area contributed by atoms with Crippen LogP contribution in [0.1, 0.15) is 37.7 Å². The van der Waals surface area contributed by atoms with E-state index in [0.29, 0.717) is 0 Å². The Kier molecular flexibility index (Phi) is 4.13. The molecular formula is C18H27N4+. The molecule has 1 aliphatic heterocycles. The molecule has 2 aliphatic rings. The Hall–Kier alpha value is -1.39. The first-order chi connectivity index (χ1) is 10.9. The Bertz CT molecular complexity index is 606. The van der Waals surface area contributed by atoms with Crippen LogP contribution in [0.25, 0.3) is 5.52 Å². The lowest BCUT2D eigenvalue weighted by atomic mass is 9.94. The van der Waals surface area contributed by atoms with Crippen LogP contribution in [0.4, 0.5) is 0 Å². The zero-order valence-corrected chi connectivity index (χ0v) is 13.4. The third kappa shape index (κ3) is 2.90. The highest BCUT2D eigenvalue weighted by Gasteiger charge is 2.27. The maximum atomic E-state index is 4.47. The van der Waals surface area contributed by atoms with Gasteiger partial charge in [-0.15, -0.1) is 0 Å². The Morgan fingerprint density at radius 2 is 1.91 bits per heavy atom. The molecule has 0 spiro atoms. The number of pyridine rings is 1. The molecule has 3 heterocycles. The summed E-state index contributed by atoms with van der Waals surface area (Å²) in [4.78, 5) is 4.48. The molecule has 1 saturated heterocycles.